The van der Waals surface area contributed by atoms with E-state index in [1.165, 1.54) is 4.40 Å². The molecule has 0 aromatic carbocycles. The minimum absolute atomic E-state index is 0.0498. The largest absolute Gasteiger partial charge is 0.358 e. The molecule has 0 aliphatic heterocycles. The Kier molecular flexibility index (Phi) is 3.56. The Morgan fingerprint density at radius 1 is 1.53 bits per heavy atom. The van der Waals surface area contributed by atoms with Gasteiger partial charge in [0.25, 0.3) is 0 Å². The molecule has 0 amide bonds. The van der Waals surface area contributed by atoms with Crippen molar-refractivity contribution in [2.75, 3.05) is 0 Å². The van der Waals surface area contributed by atoms with Crippen molar-refractivity contribution in [1.29, 1.82) is 0 Å². The van der Waals surface area contributed by atoms with Crippen LogP contribution in [0.4, 0.5) is 5.82 Å². The average molecular weight is 255 g/mol. The van der Waals surface area contributed by atoms with Crippen LogP contribution in [0.5, 0.6) is 0 Å². The highest BCUT2D eigenvalue weighted by Crippen LogP contribution is 2.27. The van der Waals surface area contributed by atoms with Crippen molar-refractivity contribution in [3.05, 3.63) is 71.1 Å². The molecule has 2 aromatic rings. The molecule has 0 spiro atoms. The molecule has 0 aliphatic carbocycles. The van der Waals surface area contributed by atoms with Crippen LogP contribution in [-0.4, -0.2) is 14.3 Å². The second kappa shape index (κ2) is 5.30. The fourth-order valence-electron chi connectivity index (χ4n) is 1.79. The van der Waals surface area contributed by atoms with E-state index in [2.05, 4.69) is 11.6 Å². The van der Waals surface area contributed by atoms with E-state index in [-0.39, 0.29) is 5.82 Å². The average Bonchev–Trinajstić information content (AvgIpc) is 2.79. The molecule has 19 heavy (non-hydrogen) atoms. The summed E-state index contributed by atoms with van der Waals surface area (Å²) in [5, 5.41) is 11.3. The van der Waals surface area contributed by atoms with Crippen LogP contribution in [0.25, 0.3) is 11.2 Å². The van der Waals surface area contributed by atoms with Gasteiger partial charge < -0.3 is 10.1 Å². The number of fused-ring (bicyclic) bond motifs is 1. The lowest BCUT2D eigenvalue weighted by Crippen LogP contribution is -1.96. The topological polar surface area (TPSA) is 60.4 Å². The fraction of sp³-hybridized carbons (Fsp3) is 0.0714. The van der Waals surface area contributed by atoms with Gasteiger partial charge in [-0.3, -0.25) is 0 Å². The Morgan fingerprint density at radius 3 is 2.95 bits per heavy atom. The van der Waals surface area contributed by atoms with Crippen molar-refractivity contribution >= 4 is 17.0 Å². The molecule has 0 saturated heterocycles. The summed E-state index contributed by atoms with van der Waals surface area (Å²) < 4.78 is 1.46. The maximum atomic E-state index is 11.3. The van der Waals surface area contributed by atoms with Crippen LogP contribution >= 0.6 is 0 Å². The van der Waals surface area contributed by atoms with Gasteiger partial charge in [0.15, 0.2) is 5.69 Å². The van der Waals surface area contributed by atoms with Crippen LogP contribution in [0.3, 0.4) is 0 Å². The molecule has 0 fully saturated rings. The Morgan fingerprint density at radius 2 is 2.32 bits per heavy atom. The van der Waals surface area contributed by atoms with Crippen molar-refractivity contribution in [1.82, 2.24) is 9.38 Å². The van der Waals surface area contributed by atoms with Gasteiger partial charge in [0.2, 0.25) is 5.65 Å². The lowest BCUT2D eigenvalue weighted by atomic mass is 10.1. The number of pyridine rings is 1. The van der Waals surface area contributed by atoms with Crippen LogP contribution in [0, 0.1) is 10.1 Å². The van der Waals surface area contributed by atoms with E-state index in [1.54, 1.807) is 42.6 Å². The molecule has 0 N–H and O–H groups in total. The van der Waals surface area contributed by atoms with Crippen molar-refractivity contribution < 1.29 is 4.92 Å². The molecule has 2 heterocycles. The molecule has 0 atom stereocenters. The van der Waals surface area contributed by atoms with Gasteiger partial charge in [-0.2, -0.15) is 9.38 Å². The minimum atomic E-state index is -0.428. The molecule has 2 rings (SSSR count). The predicted molar refractivity (Wildman–Crippen MR) is 74.8 cm³/mol. The highest BCUT2D eigenvalue weighted by molar-refractivity contribution is 5.78. The standard InChI is InChI=1S/C14H13N3O2/c1-3-5-8-11(4-2)13-14(17(18)19)16-10-7-6-9-12(16)15-13/h3-10H,2H2,1H3/b5-3-,11-8+. The number of imidazole rings is 1. The van der Waals surface area contributed by atoms with Crippen LogP contribution in [-0.2, 0) is 0 Å². The molecular weight excluding hydrogens is 242 g/mol. The first kappa shape index (κ1) is 12.8. The van der Waals surface area contributed by atoms with Crippen molar-refractivity contribution in [2.24, 2.45) is 0 Å². The Balaban J connectivity index is 2.75. The van der Waals surface area contributed by atoms with Gasteiger partial charge in [0, 0.05) is 11.6 Å². The quantitative estimate of drug-likeness (QED) is 0.478. The molecule has 0 aliphatic rings. The number of aromatic nitrogens is 2. The van der Waals surface area contributed by atoms with E-state index in [0.29, 0.717) is 16.9 Å². The van der Waals surface area contributed by atoms with Gasteiger partial charge >= 0.3 is 5.82 Å². The molecule has 5 nitrogen and oxygen atoms in total. The lowest BCUT2D eigenvalue weighted by molar-refractivity contribution is -0.390. The number of rotatable bonds is 4. The molecule has 0 radical (unpaired) electrons. The summed E-state index contributed by atoms with van der Waals surface area (Å²) >= 11 is 0. The van der Waals surface area contributed by atoms with Crippen LogP contribution in [0.2, 0.25) is 0 Å². The minimum Gasteiger partial charge on any atom is -0.358 e. The summed E-state index contributed by atoms with van der Waals surface area (Å²) in [5.41, 5.74) is 1.48. The van der Waals surface area contributed by atoms with Gasteiger partial charge in [0.1, 0.15) is 0 Å². The van der Waals surface area contributed by atoms with Gasteiger partial charge in [-0.05, 0) is 17.9 Å². The smallest absolute Gasteiger partial charge is 0.355 e. The van der Waals surface area contributed by atoms with Gasteiger partial charge in [0.05, 0.1) is 6.20 Å². The summed E-state index contributed by atoms with van der Waals surface area (Å²) in [6, 6.07) is 5.25. The van der Waals surface area contributed by atoms with E-state index in [1.807, 2.05) is 13.0 Å². The molecule has 0 saturated carbocycles. The SMILES string of the molecule is C=C/C(=C\C=C/C)c1nc2ccccn2c1[N+](=O)[O-]. The molecule has 5 heteroatoms. The molecule has 0 unspecified atom stereocenters. The van der Waals surface area contributed by atoms with Crippen molar-refractivity contribution in [3.8, 4) is 0 Å². The second-order valence-corrected chi connectivity index (χ2v) is 3.82. The normalized spacial score (nSPS) is 12.2. The summed E-state index contributed by atoms with van der Waals surface area (Å²) in [6.45, 7) is 5.56. The monoisotopic (exact) mass is 255 g/mol. The molecular formula is C14H13N3O2. The van der Waals surface area contributed by atoms with E-state index >= 15 is 0 Å². The first-order valence-corrected chi connectivity index (χ1v) is 5.76. The highest BCUT2D eigenvalue weighted by Gasteiger charge is 2.23. The maximum Gasteiger partial charge on any atom is 0.355 e. The summed E-state index contributed by atoms with van der Waals surface area (Å²) in [4.78, 5) is 15.1. The molecule has 96 valence electrons. The molecule has 2 aromatic heterocycles. The summed E-state index contributed by atoms with van der Waals surface area (Å²) in [5.74, 6) is -0.0498. The van der Waals surface area contributed by atoms with E-state index in [4.69, 9.17) is 0 Å². The second-order valence-electron chi connectivity index (χ2n) is 3.82. The lowest BCUT2D eigenvalue weighted by Gasteiger charge is -1.98. The number of nitrogens with zero attached hydrogens (tertiary/aromatic N) is 3. The van der Waals surface area contributed by atoms with Crippen LogP contribution in [0.15, 0.2) is 55.3 Å². The van der Waals surface area contributed by atoms with Crippen molar-refractivity contribution in [3.63, 3.8) is 0 Å². The number of hydrogen-bond acceptors (Lipinski definition) is 3. The van der Waals surface area contributed by atoms with Crippen molar-refractivity contribution in [2.45, 2.75) is 6.92 Å². The molecule has 0 bridgehead atoms. The Hall–Kier alpha value is -2.69. The number of allylic oxidation sites excluding steroid dienone is 5. The van der Waals surface area contributed by atoms with Crippen LogP contribution in [0.1, 0.15) is 12.6 Å². The Bertz CT molecular complexity index is 696. The predicted octanol–water partition coefficient (Wildman–Crippen LogP) is 3.39. The summed E-state index contributed by atoms with van der Waals surface area (Å²) in [7, 11) is 0. The van der Waals surface area contributed by atoms with Crippen LogP contribution < -0.4 is 0 Å². The fourth-order valence-corrected chi connectivity index (χ4v) is 1.79. The van der Waals surface area contributed by atoms with Gasteiger partial charge in [-0.15, -0.1) is 0 Å². The number of hydrogen-bond donors (Lipinski definition) is 0. The van der Waals surface area contributed by atoms with Gasteiger partial charge in [-0.25, -0.2) is 0 Å². The zero-order valence-corrected chi connectivity index (χ0v) is 10.5. The first-order valence-electron chi connectivity index (χ1n) is 5.76. The highest BCUT2D eigenvalue weighted by atomic mass is 16.6. The third-order valence-corrected chi connectivity index (χ3v) is 2.64. The van der Waals surface area contributed by atoms with Gasteiger partial charge in [-0.1, -0.05) is 36.9 Å². The maximum absolute atomic E-state index is 11.3. The first-order chi connectivity index (χ1) is 9.19. The number of nitro groups is 1. The summed E-state index contributed by atoms with van der Waals surface area (Å²) in [6.07, 6.45) is 8.58. The van der Waals surface area contributed by atoms with E-state index in [9.17, 15) is 10.1 Å². The van der Waals surface area contributed by atoms with E-state index in [0.717, 1.165) is 0 Å². The zero-order chi connectivity index (χ0) is 13.8. The third kappa shape index (κ3) is 2.30. The zero-order valence-electron chi connectivity index (χ0n) is 10.5. The third-order valence-electron chi connectivity index (χ3n) is 2.64. The van der Waals surface area contributed by atoms with E-state index < -0.39 is 4.92 Å². The Labute approximate surface area is 110 Å².